The van der Waals surface area contributed by atoms with Crippen LogP contribution in [0.4, 0.5) is 0 Å². The topological polar surface area (TPSA) is 51.6 Å². The minimum Gasteiger partial charge on any atom is -0.385 e. The van der Waals surface area contributed by atoms with E-state index < -0.39 is 11.7 Å². The van der Waals surface area contributed by atoms with Crippen LogP contribution in [0.3, 0.4) is 0 Å². The van der Waals surface area contributed by atoms with Crippen molar-refractivity contribution >= 4 is 10.9 Å². The van der Waals surface area contributed by atoms with Crippen LogP contribution in [0.1, 0.15) is 30.2 Å². The summed E-state index contributed by atoms with van der Waals surface area (Å²) in [6.07, 6.45) is 0.751. The summed E-state index contributed by atoms with van der Waals surface area (Å²) in [5.41, 5.74) is 2.26. The van der Waals surface area contributed by atoms with E-state index in [1.807, 2.05) is 37.3 Å². The Morgan fingerprint density at radius 2 is 2.00 bits per heavy atom. The molecule has 1 aliphatic rings. The summed E-state index contributed by atoms with van der Waals surface area (Å²) in [6, 6.07) is 9.93. The van der Waals surface area contributed by atoms with Crippen molar-refractivity contribution < 1.29 is 14.6 Å². The van der Waals surface area contributed by atoms with Gasteiger partial charge in [-0.25, -0.2) is 0 Å². The number of nitrogens with zero attached hydrogens (tertiary/aromatic N) is 1. The van der Waals surface area contributed by atoms with Gasteiger partial charge in [0.05, 0.1) is 5.52 Å². The summed E-state index contributed by atoms with van der Waals surface area (Å²) < 4.78 is 11.1. The van der Waals surface area contributed by atoms with E-state index in [0.717, 1.165) is 22.2 Å². The van der Waals surface area contributed by atoms with Gasteiger partial charge >= 0.3 is 0 Å². The largest absolute Gasteiger partial charge is 0.385 e. The number of pyridine rings is 1. The molecule has 1 N–H and O–H groups in total. The molecule has 1 saturated heterocycles. The zero-order chi connectivity index (χ0) is 14.9. The number of aliphatic hydroxyl groups excluding tert-OH is 1. The van der Waals surface area contributed by atoms with E-state index in [0.29, 0.717) is 26.1 Å². The molecular formula is C17H21NO3. The predicted octanol–water partition coefficient (Wildman–Crippen LogP) is 2.77. The molecule has 21 heavy (non-hydrogen) atoms. The maximum Gasteiger partial charge on any atom is 0.108 e. The Hall–Kier alpha value is -1.49. The van der Waals surface area contributed by atoms with Crippen LogP contribution < -0.4 is 0 Å². The Labute approximate surface area is 124 Å². The molecule has 1 fully saturated rings. The van der Waals surface area contributed by atoms with Crippen molar-refractivity contribution in [3.63, 3.8) is 0 Å². The zero-order valence-electron chi connectivity index (χ0n) is 12.5. The van der Waals surface area contributed by atoms with Gasteiger partial charge in [0.1, 0.15) is 11.7 Å². The minimum atomic E-state index is -0.655. The molecule has 0 aliphatic carbocycles. The van der Waals surface area contributed by atoms with Gasteiger partial charge in [-0.3, -0.25) is 4.98 Å². The van der Waals surface area contributed by atoms with Crippen LogP contribution in [0, 0.1) is 6.92 Å². The lowest BCUT2D eigenvalue weighted by atomic mass is 9.84. The maximum absolute atomic E-state index is 10.8. The summed E-state index contributed by atoms with van der Waals surface area (Å²) in [7, 11) is 1.67. The molecule has 2 aromatic rings. The first-order valence-corrected chi connectivity index (χ1v) is 7.33. The normalized spacial score (nSPS) is 19.6. The monoisotopic (exact) mass is 287 g/mol. The van der Waals surface area contributed by atoms with Crippen molar-refractivity contribution in [1.82, 2.24) is 4.98 Å². The fourth-order valence-corrected chi connectivity index (χ4v) is 3.03. The Morgan fingerprint density at radius 3 is 2.71 bits per heavy atom. The summed E-state index contributed by atoms with van der Waals surface area (Å²) in [4.78, 5) is 4.49. The number of aliphatic hydroxyl groups is 1. The summed E-state index contributed by atoms with van der Waals surface area (Å²) >= 11 is 0. The number of ether oxygens (including phenoxy) is 2. The molecule has 0 bridgehead atoms. The van der Waals surface area contributed by atoms with Crippen LogP contribution in [0.15, 0.2) is 30.3 Å². The maximum atomic E-state index is 10.8. The van der Waals surface area contributed by atoms with Crippen molar-refractivity contribution in [3.05, 3.63) is 41.6 Å². The molecular weight excluding hydrogens is 266 g/mol. The Bertz CT molecular complexity index is 635. The first-order valence-electron chi connectivity index (χ1n) is 7.33. The van der Waals surface area contributed by atoms with E-state index >= 15 is 0 Å². The highest BCUT2D eigenvalue weighted by Gasteiger charge is 2.40. The molecule has 4 nitrogen and oxygen atoms in total. The highest BCUT2D eigenvalue weighted by Crippen LogP contribution is 2.37. The smallest absolute Gasteiger partial charge is 0.108 e. The van der Waals surface area contributed by atoms with Crippen molar-refractivity contribution in [2.45, 2.75) is 31.5 Å². The molecule has 1 aromatic carbocycles. The molecule has 0 spiro atoms. The molecule has 0 amide bonds. The van der Waals surface area contributed by atoms with Gasteiger partial charge in [0.2, 0.25) is 0 Å². The highest BCUT2D eigenvalue weighted by molar-refractivity contribution is 5.79. The van der Waals surface area contributed by atoms with E-state index in [1.165, 1.54) is 0 Å². The number of hydrogen-bond acceptors (Lipinski definition) is 4. The van der Waals surface area contributed by atoms with Crippen molar-refractivity contribution in [1.29, 1.82) is 0 Å². The second-order valence-electron chi connectivity index (χ2n) is 5.69. The fourth-order valence-electron chi connectivity index (χ4n) is 3.03. The molecule has 3 rings (SSSR count). The quantitative estimate of drug-likeness (QED) is 0.943. The van der Waals surface area contributed by atoms with E-state index in [4.69, 9.17) is 9.47 Å². The zero-order valence-corrected chi connectivity index (χ0v) is 12.5. The van der Waals surface area contributed by atoms with Gasteiger partial charge in [0, 0.05) is 44.2 Å². The number of fused-ring (bicyclic) bond motifs is 1. The lowest BCUT2D eigenvalue weighted by molar-refractivity contribution is -0.154. The van der Waals surface area contributed by atoms with Crippen LogP contribution >= 0.6 is 0 Å². The second-order valence-corrected chi connectivity index (χ2v) is 5.69. The standard InChI is InChI=1S/C17H21NO3/c1-12-3-4-13-11-14(5-6-15(13)18-12)16(19)17(20-2)7-9-21-10-8-17/h3-6,11,16,19H,7-10H2,1-2H3. The van der Waals surface area contributed by atoms with Crippen LogP contribution in [0.2, 0.25) is 0 Å². The molecule has 1 atom stereocenters. The van der Waals surface area contributed by atoms with Gasteiger partial charge in [0.15, 0.2) is 0 Å². The summed E-state index contributed by atoms with van der Waals surface area (Å²) in [5.74, 6) is 0. The number of hydrogen-bond donors (Lipinski definition) is 1. The molecule has 1 aromatic heterocycles. The number of benzene rings is 1. The third kappa shape index (κ3) is 2.67. The molecule has 1 aliphatic heterocycles. The van der Waals surface area contributed by atoms with Crippen LogP contribution in [-0.4, -0.2) is 36.0 Å². The molecule has 2 heterocycles. The Kier molecular flexibility index (Phi) is 3.93. The number of methoxy groups -OCH3 is 1. The van der Waals surface area contributed by atoms with E-state index in [9.17, 15) is 5.11 Å². The van der Waals surface area contributed by atoms with Gasteiger partial charge in [-0.1, -0.05) is 12.1 Å². The SMILES string of the molecule is COC1(C(O)c2ccc3nc(C)ccc3c2)CCOCC1. The molecule has 0 saturated carbocycles. The molecule has 0 radical (unpaired) electrons. The lowest BCUT2D eigenvalue weighted by Crippen LogP contribution is -2.43. The van der Waals surface area contributed by atoms with E-state index in [-0.39, 0.29) is 0 Å². The lowest BCUT2D eigenvalue weighted by Gasteiger charge is -2.39. The number of aryl methyl sites for hydroxylation is 1. The van der Waals surface area contributed by atoms with Crippen molar-refractivity contribution in [2.24, 2.45) is 0 Å². The molecule has 4 heteroatoms. The first kappa shape index (κ1) is 14.4. The minimum absolute atomic E-state index is 0.552. The van der Waals surface area contributed by atoms with Crippen molar-refractivity contribution in [3.8, 4) is 0 Å². The van der Waals surface area contributed by atoms with E-state index in [2.05, 4.69) is 4.98 Å². The van der Waals surface area contributed by atoms with Gasteiger partial charge in [-0.2, -0.15) is 0 Å². The highest BCUT2D eigenvalue weighted by atomic mass is 16.5. The van der Waals surface area contributed by atoms with E-state index in [1.54, 1.807) is 7.11 Å². The molecule has 1 unspecified atom stereocenters. The van der Waals surface area contributed by atoms with Crippen LogP contribution in [-0.2, 0) is 9.47 Å². The fraction of sp³-hybridized carbons (Fsp3) is 0.471. The Morgan fingerprint density at radius 1 is 1.24 bits per heavy atom. The Balaban J connectivity index is 1.96. The second kappa shape index (κ2) is 5.72. The van der Waals surface area contributed by atoms with Crippen molar-refractivity contribution in [2.75, 3.05) is 20.3 Å². The number of aromatic nitrogens is 1. The third-order valence-electron chi connectivity index (χ3n) is 4.41. The van der Waals surface area contributed by atoms with Gasteiger partial charge in [-0.15, -0.1) is 0 Å². The average molecular weight is 287 g/mol. The number of rotatable bonds is 3. The predicted molar refractivity (Wildman–Crippen MR) is 81.2 cm³/mol. The van der Waals surface area contributed by atoms with Gasteiger partial charge in [0.25, 0.3) is 0 Å². The summed E-state index contributed by atoms with van der Waals surface area (Å²) in [5, 5.41) is 11.8. The van der Waals surface area contributed by atoms with Gasteiger partial charge < -0.3 is 14.6 Å². The average Bonchev–Trinajstić information content (AvgIpc) is 2.54. The van der Waals surface area contributed by atoms with Crippen LogP contribution in [0.5, 0.6) is 0 Å². The first-order chi connectivity index (χ1) is 10.1. The third-order valence-corrected chi connectivity index (χ3v) is 4.41. The van der Waals surface area contributed by atoms with Gasteiger partial charge in [-0.05, 0) is 30.7 Å². The van der Waals surface area contributed by atoms with Crippen LogP contribution in [0.25, 0.3) is 10.9 Å². The molecule has 112 valence electrons. The summed E-state index contributed by atoms with van der Waals surface area (Å²) in [6.45, 7) is 3.22.